The molecule has 0 spiro atoms. The largest absolute Gasteiger partial charge is 0.482 e. The zero-order valence-corrected chi connectivity index (χ0v) is 11.6. The van der Waals surface area contributed by atoms with Gasteiger partial charge in [-0.1, -0.05) is 23.7 Å². The molecule has 0 atom stereocenters. The van der Waals surface area contributed by atoms with Gasteiger partial charge in [0, 0.05) is 5.56 Å². The standard InChI is InChI=1S/C15H11ClFNO3/c16-11-7-10(8-19)5-6-14(11)21-9-15(20)18-13-4-2-1-3-12(13)17/h1-8H,9H2,(H,18,20). The second kappa shape index (κ2) is 6.85. The summed E-state index contributed by atoms with van der Waals surface area (Å²) >= 11 is 5.90. The van der Waals surface area contributed by atoms with Crippen molar-refractivity contribution in [3.8, 4) is 5.75 Å². The molecule has 1 amide bonds. The summed E-state index contributed by atoms with van der Waals surface area (Å²) in [5, 5.41) is 2.60. The van der Waals surface area contributed by atoms with Crippen molar-refractivity contribution in [1.82, 2.24) is 0 Å². The number of amides is 1. The third-order valence-corrected chi connectivity index (χ3v) is 2.89. The number of rotatable bonds is 5. The van der Waals surface area contributed by atoms with E-state index in [1.54, 1.807) is 6.07 Å². The highest BCUT2D eigenvalue weighted by Crippen LogP contribution is 2.24. The first-order valence-electron chi connectivity index (χ1n) is 6.02. The Bertz CT molecular complexity index is 676. The maximum absolute atomic E-state index is 13.4. The van der Waals surface area contributed by atoms with E-state index < -0.39 is 11.7 Å². The Morgan fingerprint density at radius 2 is 2.05 bits per heavy atom. The van der Waals surface area contributed by atoms with Crippen LogP contribution in [0.1, 0.15) is 10.4 Å². The molecular formula is C15H11ClFNO3. The normalized spacial score (nSPS) is 10.0. The number of hydrogen-bond donors (Lipinski definition) is 1. The van der Waals surface area contributed by atoms with Crippen molar-refractivity contribution in [2.75, 3.05) is 11.9 Å². The number of ether oxygens (including phenoxy) is 1. The zero-order valence-electron chi connectivity index (χ0n) is 10.8. The van der Waals surface area contributed by atoms with E-state index in [9.17, 15) is 14.0 Å². The second-order valence-corrected chi connectivity index (χ2v) is 4.53. The van der Waals surface area contributed by atoms with Gasteiger partial charge in [0.15, 0.2) is 6.61 Å². The van der Waals surface area contributed by atoms with Crippen LogP contribution in [0.2, 0.25) is 5.02 Å². The van der Waals surface area contributed by atoms with Crippen LogP contribution in [0, 0.1) is 5.82 Å². The van der Waals surface area contributed by atoms with Crippen molar-refractivity contribution in [1.29, 1.82) is 0 Å². The number of nitrogens with one attached hydrogen (secondary N) is 1. The van der Waals surface area contributed by atoms with E-state index >= 15 is 0 Å². The fourth-order valence-corrected chi connectivity index (χ4v) is 1.84. The Hall–Kier alpha value is -2.40. The number of carbonyl (C=O) groups excluding carboxylic acids is 2. The molecule has 0 fully saturated rings. The van der Waals surface area contributed by atoms with Gasteiger partial charge in [-0.25, -0.2) is 4.39 Å². The minimum atomic E-state index is -0.529. The predicted octanol–water partition coefficient (Wildman–Crippen LogP) is 3.31. The van der Waals surface area contributed by atoms with E-state index in [1.807, 2.05) is 0 Å². The lowest BCUT2D eigenvalue weighted by Gasteiger charge is -2.09. The van der Waals surface area contributed by atoms with Crippen molar-refractivity contribution < 1.29 is 18.7 Å². The summed E-state index contributed by atoms with van der Waals surface area (Å²) in [5.41, 5.74) is 0.483. The van der Waals surface area contributed by atoms with Gasteiger partial charge in [0.05, 0.1) is 10.7 Å². The molecule has 2 aromatic rings. The molecule has 4 nitrogen and oxygen atoms in total. The van der Waals surface area contributed by atoms with E-state index in [0.717, 1.165) is 0 Å². The number of halogens is 2. The quantitative estimate of drug-likeness (QED) is 0.862. The van der Waals surface area contributed by atoms with Gasteiger partial charge in [-0.15, -0.1) is 0 Å². The third kappa shape index (κ3) is 4.03. The number of carbonyl (C=O) groups is 2. The summed E-state index contributed by atoms with van der Waals surface area (Å²) in [6.45, 7) is -0.325. The molecule has 0 aliphatic carbocycles. The number of para-hydroxylation sites is 1. The summed E-state index contributed by atoms with van der Waals surface area (Å²) in [5.74, 6) is -0.777. The second-order valence-electron chi connectivity index (χ2n) is 4.12. The van der Waals surface area contributed by atoms with Gasteiger partial charge in [-0.3, -0.25) is 9.59 Å². The Morgan fingerprint density at radius 3 is 2.71 bits per heavy atom. The van der Waals surface area contributed by atoms with Crippen molar-refractivity contribution >= 4 is 29.5 Å². The van der Waals surface area contributed by atoms with Gasteiger partial charge < -0.3 is 10.1 Å². The molecule has 21 heavy (non-hydrogen) atoms. The van der Waals surface area contributed by atoms with Crippen LogP contribution in [0.15, 0.2) is 42.5 Å². The van der Waals surface area contributed by atoms with Crippen LogP contribution in [0.25, 0.3) is 0 Å². The van der Waals surface area contributed by atoms with Gasteiger partial charge in [0.25, 0.3) is 5.91 Å². The molecular weight excluding hydrogens is 297 g/mol. The van der Waals surface area contributed by atoms with Crippen LogP contribution in [-0.4, -0.2) is 18.8 Å². The zero-order chi connectivity index (χ0) is 15.2. The Kier molecular flexibility index (Phi) is 4.90. The van der Waals surface area contributed by atoms with Crippen LogP contribution in [0.4, 0.5) is 10.1 Å². The van der Waals surface area contributed by atoms with E-state index in [4.69, 9.17) is 16.3 Å². The molecule has 0 saturated carbocycles. The van der Waals surface area contributed by atoms with Gasteiger partial charge >= 0.3 is 0 Å². The van der Waals surface area contributed by atoms with Gasteiger partial charge in [0.1, 0.15) is 17.9 Å². The molecule has 0 unspecified atom stereocenters. The lowest BCUT2D eigenvalue weighted by Crippen LogP contribution is -2.20. The number of aldehydes is 1. The third-order valence-electron chi connectivity index (χ3n) is 2.60. The van der Waals surface area contributed by atoms with Crippen LogP contribution < -0.4 is 10.1 Å². The summed E-state index contributed by atoms with van der Waals surface area (Å²) in [7, 11) is 0. The lowest BCUT2D eigenvalue weighted by molar-refractivity contribution is -0.118. The highest BCUT2D eigenvalue weighted by molar-refractivity contribution is 6.32. The summed E-state index contributed by atoms with van der Waals surface area (Å²) in [6.07, 6.45) is 0.653. The predicted molar refractivity (Wildman–Crippen MR) is 77.4 cm³/mol. The monoisotopic (exact) mass is 307 g/mol. The minimum absolute atomic E-state index is 0.0773. The van der Waals surface area contributed by atoms with Gasteiger partial charge in [0.2, 0.25) is 0 Å². The molecule has 0 saturated heterocycles. The molecule has 0 radical (unpaired) electrons. The summed E-state index contributed by atoms with van der Waals surface area (Å²) in [4.78, 5) is 22.2. The molecule has 0 aliphatic heterocycles. The maximum atomic E-state index is 13.4. The van der Waals surface area contributed by atoms with E-state index in [1.165, 1.54) is 36.4 Å². The maximum Gasteiger partial charge on any atom is 0.262 e. The first-order valence-corrected chi connectivity index (χ1v) is 6.40. The Morgan fingerprint density at radius 1 is 1.29 bits per heavy atom. The molecule has 0 heterocycles. The van der Waals surface area contributed by atoms with Crippen molar-refractivity contribution in [2.45, 2.75) is 0 Å². The fourth-order valence-electron chi connectivity index (χ4n) is 1.60. The number of anilines is 1. The van der Waals surface area contributed by atoms with Crippen LogP contribution in [0.3, 0.4) is 0 Å². The minimum Gasteiger partial charge on any atom is -0.482 e. The molecule has 0 aromatic heterocycles. The molecule has 0 aliphatic rings. The molecule has 1 N–H and O–H groups in total. The lowest BCUT2D eigenvalue weighted by atomic mass is 10.2. The average molecular weight is 308 g/mol. The van der Waals surface area contributed by atoms with E-state index in [2.05, 4.69) is 5.32 Å². The average Bonchev–Trinajstić information content (AvgIpc) is 2.48. The SMILES string of the molecule is O=Cc1ccc(OCC(=O)Nc2ccccc2F)c(Cl)c1. The summed E-state index contributed by atoms with van der Waals surface area (Å²) in [6, 6.07) is 10.2. The number of benzene rings is 2. The highest BCUT2D eigenvalue weighted by atomic mass is 35.5. The fraction of sp³-hybridized carbons (Fsp3) is 0.0667. The number of hydrogen-bond acceptors (Lipinski definition) is 3. The molecule has 0 bridgehead atoms. The van der Waals surface area contributed by atoms with Crippen LogP contribution in [-0.2, 0) is 4.79 Å². The first-order chi connectivity index (χ1) is 10.1. The molecule has 108 valence electrons. The Labute approximate surface area is 125 Å². The van der Waals surface area contributed by atoms with Crippen LogP contribution >= 0.6 is 11.6 Å². The smallest absolute Gasteiger partial charge is 0.262 e. The van der Waals surface area contributed by atoms with Crippen molar-refractivity contribution in [3.63, 3.8) is 0 Å². The molecule has 2 aromatic carbocycles. The first kappa shape index (κ1) is 15.0. The molecule has 2 rings (SSSR count). The van der Waals surface area contributed by atoms with Crippen molar-refractivity contribution in [3.05, 3.63) is 58.9 Å². The topological polar surface area (TPSA) is 55.4 Å². The van der Waals surface area contributed by atoms with Gasteiger partial charge in [-0.05, 0) is 30.3 Å². The Balaban J connectivity index is 1.95. The molecule has 6 heteroatoms. The van der Waals surface area contributed by atoms with E-state index in [-0.39, 0.29) is 23.1 Å². The van der Waals surface area contributed by atoms with E-state index in [0.29, 0.717) is 11.8 Å². The summed E-state index contributed by atoms with van der Waals surface area (Å²) < 4.78 is 18.6. The highest BCUT2D eigenvalue weighted by Gasteiger charge is 2.09. The van der Waals surface area contributed by atoms with Gasteiger partial charge in [-0.2, -0.15) is 0 Å². The van der Waals surface area contributed by atoms with Crippen molar-refractivity contribution in [2.24, 2.45) is 0 Å². The van der Waals surface area contributed by atoms with Crippen LogP contribution in [0.5, 0.6) is 5.75 Å².